The van der Waals surface area contributed by atoms with Crippen LogP contribution in [-0.4, -0.2) is 48.7 Å². The van der Waals surface area contributed by atoms with E-state index in [1.54, 1.807) is 24.3 Å². The Morgan fingerprint density at radius 3 is 2.81 bits per heavy atom. The van der Waals surface area contributed by atoms with Crippen molar-refractivity contribution in [1.29, 1.82) is 0 Å². The van der Waals surface area contributed by atoms with Gasteiger partial charge in [0.05, 0.1) is 0 Å². The fourth-order valence-electron chi connectivity index (χ4n) is 2.55. The van der Waals surface area contributed by atoms with E-state index >= 15 is 0 Å². The highest BCUT2D eigenvalue weighted by Crippen LogP contribution is 2.14. The van der Waals surface area contributed by atoms with Crippen molar-refractivity contribution in [3.8, 4) is 11.8 Å². The van der Waals surface area contributed by atoms with Crippen LogP contribution in [0.2, 0.25) is 0 Å². The number of amides is 1. The summed E-state index contributed by atoms with van der Waals surface area (Å²) in [6.45, 7) is 6.05. The summed E-state index contributed by atoms with van der Waals surface area (Å²) in [5.41, 5.74) is 1.45. The molecule has 1 aromatic rings. The van der Waals surface area contributed by atoms with Crippen LogP contribution < -0.4 is 5.32 Å². The largest absolute Gasteiger partial charge is 0.384 e. The number of rotatable bonds is 4. The summed E-state index contributed by atoms with van der Waals surface area (Å²) in [4.78, 5) is 14.5. The van der Waals surface area contributed by atoms with Gasteiger partial charge in [0.15, 0.2) is 0 Å². The van der Waals surface area contributed by atoms with E-state index < -0.39 is 0 Å². The maximum atomic E-state index is 12.1. The van der Waals surface area contributed by atoms with Gasteiger partial charge in [-0.05, 0) is 49.7 Å². The molecule has 2 N–H and O–H groups in total. The number of benzene rings is 1. The van der Waals surface area contributed by atoms with E-state index in [9.17, 15) is 4.79 Å². The van der Waals surface area contributed by atoms with Crippen molar-refractivity contribution in [2.45, 2.75) is 13.3 Å². The number of hydrogen-bond acceptors (Lipinski definition) is 3. The molecule has 4 heteroatoms. The Hall–Kier alpha value is -1.83. The molecule has 21 heavy (non-hydrogen) atoms. The van der Waals surface area contributed by atoms with E-state index in [4.69, 9.17) is 5.11 Å². The number of likely N-dealkylation sites (tertiary alicyclic amines) is 1. The smallest absolute Gasteiger partial charge is 0.251 e. The Labute approximate surface area is 126 Å². The third-order valence-corrected chi connectivity index (χ3v) is 3.83. The van der Waals surface area contributed by atoms with Crippen molar-refractivity contribution < 1.29 is 9.90 Å². The van der Waals surface area contributed by atoms with Crippen LogP contribution in [0.5, 0.6) is 0 Å². The minimum Gasteiger partial charge on any atom is -0.384 e. The van der Waals surface area contributed by atoms with Gasteiger partial charge >= 0.3 is 0 Å². The average molecular weight is 286 g/mol. The molecule has 0 radical (unpaired) electrons. The number of aliphatic hydroxyl groups excluding tert-OH is 1. The monoisotopic (exact) mass is 286 g/mol. The maximum absolute atomic E-state index is 12.1. The number of carbonyl (C=O) groups excluding carboxylic acids is 1. The highest BCUT2D eigenvalue weighted by molar-refractivity contribution is 5.94. The van der Waals surface area contributed by atoms with Crippen LogP contribution in [0.15, 0.2) is 24.3 Å². The molecule has 1 saturated heterocycles. The zero-order valence-corrected chi connectivity index (χ0v) is 12.4. The topological polar surface area (TPSA) is 52.6 Å². The zero-order valence-electron chi connectivity index (χ0n) is 12.4. The van der Waals surface area contributed by atoms with Gasteiger partial charge in [0.2, 0.25) is 0 Å². The fraction of sp³-hybridized carbons (Fsp3) is 0.471. The highest BCUT2D eigenvalue weighted by atomic mass is 16.2. The predicted molar refractivity (Wildman–Crippen MR) is 83.0 cm³/mol. The second-order valence-electron chi connectivity index (χ2n) is 5.30. The standard InChI is InChI=1S/C17H22N2O2/c1-2-19-10-9-15(13-19)12-18-17(21)16-7-5-14(6-8-16)4-3-11-20/h5-8,15,20H,2,9-13H2,1H3,(H,18,21). The Kier molecular flexibility index (Phi) is 5.79. The lowest BCUT2D eigenvalue weighted by Gasteiger charge is -2.13. The first kappa shape index (κ1) is 15.6. The van der Waals surface area contributed by atoms with Gasteiger partial charge in [0.25, 0.3) is 5.91 Å². The van der Waals surface area contributed by atoms with Gasteiger partial charge in [-0.1, -0.05) is 18.8 Å². The van der Waals surface area contributed by atoms with Gasteiger partial charge in [-0.25, -0.2) is 0 Å². The molecule has 4 nitrogen and oxygen atoms in total. The molecule has 0 spiro atoms. The fourth-order valence-corrected chi connectivity index (χ4v) is 2.55. The van der Waals surface area contributed by atoms with Crippen molar-refractivity contribution in [2.24, 2.45) is 5.92 Å². The average Bonchev–Trinajstić information content (AvgIpc) is 2.99. The summed E-state index contributed by atoms with van der Waals surface area (Å²) in [7, 11) is 0. The molecular formula is C17H22N2O2. The summed E-state index contributed by atoms with van der Waals surface area (Å²) in [5, 5.41) is 11.6. The van der Waals surface area contributed by atoms with Crippen LogP contribution in [-0.2, 0) is 0 Å². The Balaban J connectivity index is 1.83. The van der Waals surface area contributed by atoms with Crippen LogP contribution >= 0.6 is 0 Å². The van der Waals surface area contributed by atoms with Crippen molar-refractivity contribution >= 4 is 5.91 Å². The van der Waals surface area contributed by atoms with Crippen molar-refractivity contribution in [3.63, 3.8) is 0 Å². The minimum absolute atomic E-state index is 0.0355. The van der Waals surface area contributed by atoms with Crippen LogP contribution in [0.1, 0.15) is 29.3 Å². The first-order chi connectivity index (χ1) is 10.2. The van der Waals surface area contributed by atoms with E-state index in [1.165, 1.54) is 0 Å². The highest BCUT2D eigenvalue weighted by Gasteiger charge is 2.21. The van der Waals surface area contributed by atoms with E-state index in [1.807, 2.05) is 0 Å². The van der Waals surface area contributed by atoms with Gasteiger partial charge in [-0.3, -0.25) is 4.79 Å². The van der Waals surface area contributed by atoms with Gasteiger partial charge in [0, 0.05) is 24.2 Å². The number of aliphatic hydroxyl groups is 1. The number of carbonyl (C=O) groups is 1. The second kappa shape index (κ2) is 7.82. The van der Waals surface area contributed by atoms with E-state index in [0.717, 1.165) is 38.2 Å². The molecule has 1 aliphatic rings. The van der Waals surface area contributed by atoms with E-state index in [0.29, 0.717) is 11.5 Å². The lowest BCUT2D eigenvalue weighted by atomic mass is 10.1. The molecule has 1 aliphatic heterocycles. The summed E-state index contributed by atoms with van der Waals surface area (Å²) in [5.74, 6) is 5.92. The van der Waals surface area contributed by atoms with Crippen LogP contribution in [0.3, 0.4) is 0 Å². The summed E-state index contributed by atoms with van der Waals surface area (Å²) in [6.07, 6.45) is 1.16. The molecule has 1 atom stereocenters. The molecule has 1 heterocycles. The van der Waals surface area contributed by atoms with Crippen molar-refractivity contribution in [2.75, 3.05) is 32.8 Å². The summed E-state index contributed by atoms with van der Waals surface area (Å²) < 4.78 is 0. The number of nitrogens with zero attached hydrogens (tertiary/aromatic N) is 1. The van der Waals surface area contributed by atoms with Gasteiger partial charge < -0.3 is 15.3 Å². The zero-order chi connectivity index (χ0) is 15.1. The third kappa shape index (κ3) is 4.59. The lowest BCUT2D eigenvalue weighted by Crippen LogP contribution is -2.31. The second-order valence-corrected chi connectivity index (χ2v) is 5.30. The van der Waals surface area contributed by atoms with Gasteiger partial charge in [-0.15, -0.1) is 0 Å². The first-order valence-electron chi connectivity index (χ1n) is 7.43. The molecule has 1 fully saturated rings. The molecular weight excluding hydrogens is 264 g/mol. The van der Waals surface area contributed by atoms with Crippen LogP contribution in [0.4, 0.5) is 0 Å². The molecule has 1 amide bonds. The number of hydrogen-bond donors (Lipinski definition) is 2. The third-order valence-electron chi connectivity index (χ3n) is 3.83. The number of nitrogens with one attached hydrogen (secondary N) is 1. The van der Waals surface area contributed by atoms with Gasteiger partial charge in [0.1, 0.15) is 6.61 Å². The molecule has 112 valence electrons. The van der Waals surface area contributed by atoms with Crippen LogP contribution in [0, 0.1) is 17.8 Å². The Morgan fingerprint density at radius 2 is 2.19 bits per heavy atom. The molecule has 0 aliphatic carbocycles. The van der Waals surface area contributed by atoms with E-state index in [2.05, 4.69) is 29.0 Å². The SMILES string of the molecule is CCN1CCC(CNC(=O)c2ccc(C#CCO)cc2)C1. The molecule has 1 aromatic carbocycles. The Morgan fingerprint density at radius 1 is 1.43 bits per heavy atom. The normalized spacial score (nSPS) is 18.1. The minimum atomic E-state index is -0.154. The molecule has 0 aromatic heterocycles. The van der Waals surface area contributed by atoms with Crippen LogP contribution in [0.25, 0.3) is 0 Å². The maximum Gasteiger partial charge on any atom is 0.251 e. The Bertz CT molecular complexity index is 528. The summed E-state index contributed by atoms with van der Waals surface area (Å²) in [6, 6.07) is 7.13. The first-order valence-corrected chi connectivity index (χ1v) is 7.43. The molecule has 0 saturated carbocycles. The molecule has 1 unspecified atom stereocenters. The molecule has 0 bridgehead atoms. The summed E-state index contributed by atoms with van der Waals surface area (Å²) >= 11 is 0. The van der Waals surface area contributed by atoms with Gasteiger partial charge in [-0.2, -0.15) is 0 Å². The molecule has 2 rings (SSSR count). The van der Waals surface area contributed by atoms with Crippen molar-refractivity contribution in [1.82, 2.24) is 10.2 Å². The lowest BCUT2D eigenvalue weighted by molar-refractivity contribution is 0.0947. The predicted octanol–water partition coefficient (Wildman–Crippen LogP) is 1.10. The van der Waals surface area contributed by atoms with Crippen molar-refractivity contribution in [3.05, 3.63) is 35.4 Å². The quantitative estimate of drug-likeness (QED) is 0.815. The van der Waals surface area contributed by atoms with E-state index in [-0.39, 0.29) is 12.5 Å².